The second-order valence-corrected chi connectivity index (χ2v) is 4.46. The van der Waals surface area contributed by atoms with Gasteiger partial charge in [0.1, 0.15) is 5.75 Å². The standard InChI is InChI=1S/C14H21NO3/c15-12-3-1-4-14(11-12)18-8-2-7-17-13-5-9-16-10-6-13/h1,3-4,11,13H,2,5-10,15H2. The van der Waals surface area contributed by atoms with Crippen LogP contribution in [0.5, 0.6) is 5.75 Å². The zero-order chi connectivity index (χ0) is 12.6. The number of nitrogen functional groups attached to an aromatic ring is 1. The van der Waals surface area contributed by atoms with E-state index >= 15 is 0 Å². The molecule has 4 heteroatoms. The highest BCUT2D eigenvalue weighted by molar-refractivity contribution is 5.43. The number of nitrogens with two attached hydrogens (primary N) is 1. The van der Waals surface area contributed by atoms with Crippen LogP contribution in [0, 0.1) is 0 Å². The molecule has 1 aliphatic heterocycles. The molecule has 1 fully saturated rings. The number of rotatable bonds is 6. The van der Waals surface area contributed by atoms with Crippen molar-refractivity contribution in [2.75, 3.05) is 32.2 Å². The van der Waals surface area contributed by atoms with Crippen LogP contribution in [0.25, 0.3) is 0 Å². The van der Waals surface area contributed by atoms with Crippen molar-refractivity contribution in [3.05, 3.63) is 24.3 Å². The van der Waals surface area contributed by atoms with Crippen LogP contribution in [-0.2, 0) is 9.47 Å². The highest BCUT2D eigenvalue weighted by atomic mass is 16.5. The van der Waals surface area contributed by atoms with Crippen molar-refractivity contribution >= 4 is 5.69 Å². The Kier molecular flexibility index (Phi) is 5.30. The summed E-state index contributed by atoms with van der Waals surface area (Å²) in [6.45, 7) is 3.05. The van der Waals surface area contributed by atoms with Gasteiger partial charge in [-0.05, 0) is 25.0 Å². The van der Waals surface area contributed by atoms with E-state index in [2.05, 4.69) is 0 Å². The maximum absolute atomic E-state index is 5.76. The molecule has 1 aromatic carbocycles. The predicted molar refractivity (Wildman–Crippen MR) is 70.8 cm³/mol. The smallest absolute Gasteiger partial charge is 0.121 e. The van der Waals surface area contributed by atoms with Gasteiger partial charge in [0.25, 0.3) is 0 Å². The molecule has 0 aliphatic carbocycles. The van der Waals surface area contributed by atoms with Crippen LogP contribution in [0.4, 0.5) is 5.69 Å². The lowest BCUT2D eigenvalue weighted by Gasteiger charge is -2.22. The molecule has 2 N–H and O–H groups in total. The maximum Gasteiger partial charge on any atom is 0.121 e. The van der Waals surface area contributed by atoms with Gasteiger partial charge < -0.3 is 19.9 Å². The van der Waals surface area contributed by atoms with Crippen LogP contribution < -0.4 is 10.5 Å². The largest absolute Gasteiger partial charge is 0.493 e. The molecule has 0 unspecified atom stereocenters. The summed E-state index contributed by atoms with van der Waals surface area (Å²) in [4.78, 5) is 0. The predicted octanol–water partition coefficient (Wildman–Crippen LogP) is 2.23. The topological polar surface area (TPSA) is 53.7 Å². The van der Waals surface area contributed by atoms with Gasteiger partial charge in [0, 0.05) is 31.4 Å². The molecule has 1 saturated heterocycles. The molecular formula is C14H21NO3. The molecule has 0 radical (unpaired) electrons. The molecule has 1 aromatic rings. The Balaban J connectivity index is 1.55. The van der Waals surface area contributed by atoms with Crippen LogP contribution in [0.3, 0.4) is 0 Å². The van der Waals surface area contributed by atoms with E-state index in [1.807, 2.05) is 24.3 Å². The normalized spacial score (nSPS) is 16.7. The molecule has 18 heavy (non-hydrogen) atoms. The van der Waals surface area contributed by atoms with E-state index in [1.165, 1.54) is 0 Å². The number of anilines is 1. The molecule has 0 atom stereocenters. The van der Waals surface area contributed by atoms with Gasteiger partial charge in [-0.15, -0.1) is 0 Å². The van der Waals surface area contributed by atoms with Crippen molar-refractivity contribution in [2.45, 2.75) is 25.4 Å². The van der Waals surface area contributed by atoms with Crippen molar-refractivity contribution in [1.82, 2.24) is 0 Å². The lowest BCUT2D eigenvalue weighted by Crippen LogP contribution is -2.24. The Hall–Kier alpha value is -1.26. The first-order chi connectivity index (χ1) is 8.84. The van der Waals surface area contributed by atoms with Gasteiger partial charge in [0.15, 0.2) is 0 Å². The first-order valence-corrected chi connectivity index (χ1v) is 6.52. The van der Waals surface area contributed by atoms with Crippen molar-refractivity contribution < 1.29 is 14.2 Å². The van der Waals surface area contributed by atoms with E-state index in [4.69, 9.17) is 19.9 Å². The van der Waals surface area contributed by atoms with Gasteiger partial charge >= 0.3 is 0 Å². The molecule has 0 aromatic heterocycles. The Morgan fingerprint density at radius 3 is 2.83 bits per heavy atom. The molecule has 0 saturated carbocycles. The first kappa shape index (κ1) is 13.2. The summed E-state index contributed by atoms with van der Waals surface area (Å²) in [5, 5.41) is 0. The van der Waals surface area contributed by atoms with Gasteiger partial charge in [-0.25, -0.2) is 0 Å². The zero-order valence-electron chi connectivity index (χ0n) is 10.6. The molecular weight excluding hydrogens is 230 g/mol. The third-order valence-corrected chi connectivity index (χ3v) is 2.94. The molecule has 0 amide bonds. The Bertz CT molecular complexity index is 351. The fraction of sp³-hybridized carbons (Fsp3) is 0.571. The molecule has 0 spiro atoms. The molecule has 100 valence electrons. The summed E-state index contributed by atoms with van der Waals surface area (Å²) in [6.07, 6.45) is 3.28. The van der Waals surface area contributed by atoms with Crippen molar-refractivity contribution in [3.8, 4) is 5.75 Å². The third-order valence-electron chi connectivity index (χ3n) is 2.94. The molecule has 1 heterocycles. The number of hydrogen-bond donors (Lipinski definition) is 1. The van der Waals surface area contributed by atoms with Gasteiger partial charge in [0.2, 0.25) is 0 Å². The summed E-state index contributed by atoms with van der Waals surface area (Å²) >= 11 is 0. The van der Waals surface area contributed by atoms with E-state index in [-0.39, 0.29) is 0 Å². The van der Waals surface area contributed by atoms with E-state index in [1.54, 1.807) is 0 Å². The molecule has 2 rings (SSSR count). The van der Waals surface area contributed by atoms with Crippen LogP contribution in [0.1, 0.15) is 19.3 Å². The Morgan fingerprint density at radius 2 is 2.06 bits per heavy atom. The van der Waals surface area contributed by atoms with Gasteiger partial charge in [-0.3, -0.25) is 0 Å². The highest BCUT2D eigenvalue weighted by Crippen LogP contribution is 2.15. The van der Waals surface area contributed by atoms with E-state index in [0.29, 0.717) is 12.7 Å². The second-order valence-electron chi connectivity index (χ2n) is 4.46. The van der Waals surface area contributed by atoms with Gasteiger partial charge in [-0.2, -0.15) is 0 Å². The van der Waals surface area contributed by atoms with Crippen LogP contribution in [-0.4, -0.2) is 32.5 Å². The quantitative estimate of drug-likeness (QED) is 0.622. The van der Waals surface area contributed by atoms with Gasteiger partial charge in [-0.1, -0.05) is 6.07 Å². The van der Waals surface area contributed by atoms with Crippen LogP contribution in [0.2, 0.25) is 0 Å². The maximum atomic E-state index is 5.76. The number of benzene rings is 1. The van der Waals surface area contributed by atoms with E-state index in [9.17, 15) is 0 Å². The lowest BCUT2D eigenvalue weighted by atomic mass is 10.1. The monoisotopic (exact) mass is 251 g/mol. The van der Waals surface area contributed by atoms with Gasteiger partial charge in [0.05, 0.1) is 19.3 Å². The molecule has 1 aliphatic rings. The number of hydrogen-bond acceptors (Lipinski definition) is 4. The Labute approximate surface area is 108 Å². The summed E-state index contributed by atoms with van der Waals surface area (Å²) in [6, 6.07) is 7.49. The summed E-state index contributed by atoms with van der Waals surface area (Å²) < 4.78 is 16.6. The van der Waals surface area contributed by atoms with Crippen molar-refractivity contribution in [2.24, 2.45) is 0 Å². The van der Waals surface area contributed by atoms with E-state index in [0.717, 1.165) is 50.5 Å². The fourth-order valence-electron chi connectivity index (χ4n) is 1.95. The number of ether oxygens (including phenoxy) is 3. The van der Waals surface area contributed by atoms with Crippen molar-refractivity contribution in [3.63, 3.8) is 0 Å². The third kappa shape index (κ3) is 4.55. The second kappa shape index (κ2) is 7.24. The first-order valence-electron chi connectivity index (χ1n) is 6.52. The van der Waals surface area contributed by atoms with Crippen LogP contribution in [0.15, 0.2) is 24.3 Å². The minimum atomic E-state index is 0.367. The molecule has 4 nitrogen and oxygen atoms in total. The highest BCUT2D eigenvalue weighted by Gasteiger charge is 2.13. The average molecular weight is 251 g/mol. The summed E-state index contributed by atoms with van der Waals surface area (Å²) in [5.74, 6) is 0.820. The molecule has 0 bridgehead atoms. The van der Waals surface area contributed by atoms with Crippen LogP contribution >= 0.6 is 0 Å². The summed E-state index contributed by atoms with van der Waals surface area (Å²) in [7, 11) is 0. The fourth-order valence-corrected chi connectivity index (χ4v) is 1.95. The zero-order valence-corrected chi connectivity index (χ0v) is 10.6. The summed E-state index contributed by atoms with van der Waals surface area (Å²) in [5.41, 5.74) is 6.40. The van der Waals surface area contributed by atoms with E-state index < -0.39 is 0 Å². The van der Waals surface area contributed by atoms with Crippen molar-refractivity contribution in [1.29, 1.82) is 0 Å². The SMILES string of the molecule is Nc1cccc(OCCCOC2CCOCC2)c1. The average Bonchev–Trinajstić information content (AvgIpc) is 2.40. The lowest BCUT2D eigenvalue weighted by molar-refractivity contribution is -0.0341. The minimum Gasteiger partial charge on any atom is -0.493 e. The Morgan fingerprint density at radius 1 is 1.22 bits per heavy atom. The minimum absolute atomic E-state index is 0.367.